The number of ether oxygens (including phenoxy) is 1. The Morgan fingerprint density at radius 3 is 2.62 bits per heavy atom. The minimum Gasteiger partial charge on any atom is -0.394 e. The van der Waals surface area contributed by atoms with Gasteiger partial charge in [-0.1, -0.05) is 6.07 Å². The number of hydrogen-bond donors (Lipinski definition) is 3. The van der Waals surface area contributed by atoms with Crippen LogP contribution in [0, 0.1) is 0 Å². The Morgan fingerprint density at radius 1 is 1.31 bits per heavy atom. The average Bonchev–Trinajstić information content (AvgIpc) is 2.56. The van der Waals surface area contributed by atoms with Gasteiger partial charge in [0, 0.05) is 0 Å². The van der Waals surface area contributed by atoms with Crippen LogP contribution in [0.1, 0.15) is 11.8 Å². The zero-order chi connectivity index (χ0) is 11.7. The van der Waals surface area contributed by atoms with Gasteiger partial charge in [-0.3, -0.25) is 0 Å². The van der Waals surface area contributed by atoms with Gasteiger partial charge in [-0.05, 0) is 28.1 Å². The second-order valence-electron chi connectivity index (χ2n) is 3.64. The normalized spacial score (nSPS) is 34.2. The van der Waals surface area contributed by atoms with Crippen LogP contribution in [0.4, 0.5) is 0 Å². The lowest BCUT2D eigenvalue weighted by molar-refractivity contribution is -0.0239. The van der Waals surface area contributed by atoms with E-state index < -0.39 is 24.4 Å². The van der Waals surface area contributed by atoms with E-state index in [0.29, 0.717) is 10.3 Å². The van der Waals surface area contributed by atoms with Crippen LogP contribution in [0.2, 0.25) is 0 Å². The number of nitrogens with zero attached hydrogens (tertiary/aromatic N) is 1. The first-order valence-electron chi connectivity index (χ1n) is 4.88. The molecule has 0 radical (unpaired) electrons. The minimum atomic E-state index is -1.09. The van der Waals surface area contributed by atoms with E-state index in [1.54, 1.807) is 18.2 Å². The second kappa shape index (κ2) is 4.77. The Labute approximate surface area is 101 Å². The Bertz CT molecular complexity index is 376. The van der Waals surface area contributed by atoms with Crippen molar-refractivity contribution >= 4 is 15.9 Å². The molecule has 2 rings (SSSR count). The number of halogens is 1. The minimum absolute atomic E-state index is 0.331. The molecule has 3 N–H and O–H groups in total. The molecule has 0 bridgehead atoms. The topological polar surface area (TPSA) is 82.8 Å². The first-order chi connectivity index (χ1) is 7.63. The van der Waals surface area contributed by atoms with E-state index in [4.69, 9.17) is 9.84 Å². The molecule has 6 heteroatoms. The highest BCUT2D eigenvalue weighted by atomic mass is 79.9. The van der Waals surface area contributed by atoms with Crippen molar-refractivity contribution in [3.63, 3.8) is 0 Å². The third-order valence-corrected chi connectivity index (χ3v) is 3.01. The molecule has 4 atom stereocenters. The quantitative estimate of drug-likeness (QED) is 0.668. The molecule has 0 saturated carbocycles. The third kappa shape index (κ3) is 2.11. The maximum absolute atomic E-state index is 9.76. The van der Waals surface area contributed by atoms with E-state index in [1.807, 2.05) is 0 Å². The van der Waals surface area contributed by atoms with Gasteiger partial charge in [-0.2, -0.15) is 0 Å². The summed E-state index contributed by atoms with van der Waals surface area (Å²) in [6, 6.07) is 5.22. The van der Waals surface area contributed by atoms with Crippen molar-refractivity contribution in [1.82, 2.24) is 4.98 Å². The van der Waals surface area contributed by atoms with E-state index in [2.05, 4.69) is 20.9 Å². The summed E-state index contributed by atoms with van der Waals surface area (Å²) in [5.74, 6) is 0. The molecule has 1 aromatic rings. The van der Waals surface area contributed by atoms with Crippen LogP contribution >= 0.6 is 15.9 Å². The molecule has 1 aromatic heterocycles. The fourth-order valence-electron chi connectivity index (χ4n) is 1.73. The molecule has 1 aliphatic rings. The molecule has 1 fully saturated rings. The fourth-order valence-corrected chi connectivity index (χ4v) is 2.08. The maximum Gasteiger partial charge on any atom is 0.128 e. The number of aliphatic hydroxyl groups is 3. The molecule has 0 unspecified atom stereocenters. The molecule has 88 valence electrons. The van der Waals surface area contributed by atoms with Gasteiger partial charge in [0.2, 0.25) is 0 Å². The van der Waals surface area contributed by atoms with Crippen LogP contribution in [-0.2, 0) is 4.74 Å². The van der Waals surface area contributed by atoms with Crippen molar-refractivity contribution in [2.24, 2.45) is 0 Å². The molecule has 0 aromatic carbocycles. The zero-order valence-corrected chi connectivity index (χ0v) is 9.91. The van der Waals surface area contributed by atoms with Crippen molar-refractivity contribution in [1.29, 1.82) is 0 Å². The van der Waals surface area contributed by atoms with Gasteiger partial charge in [0.25, 0.3) is 0 Å². The monoisotopic (exact) mass is 289 g/mol. The van der Waals surface area contributed by atoms with Crippen molar-refractivity contribution in [2.45, 2.75) is 24.4 Å². The first kappa shape index (κ1) is 11.9. The van der Waals surface area contributed by atoms with Gasteiger partial charge in [0.05, 0.1) is 12.3 Å². The number of pyridine rings is 1. The molecule has 0 spiro atoms. The Morgan fingerprint density at radius 2 is 2.06 bits per heavy atom. The van der Waals surface area contributed by atoms with E-state index in [1.165, 1.54) is 0 Å². The number of rotatable bonds is 2. The highest BCUT2D eigenvalue weighted by Gasteiger charge is 2.43. The van der Waals surface area contributed by atoms with E-state index in [9.17, 15) is 10.2 Å². The van der Waals surface area contributed by atoms with Crippen LogP contribution < -0.4 is 0 Å². The summed E-state index contributed by atoms with van der Waals surface area (Å²) in [5.41, 5.74) is 0.525. The van der Waals surface area contributed by atoms with Crippen LogP contribution in [0.15, 0.2) is 22.8 Å². The molecule has 0 amide bonds. The van der Waals surface area contributed by atoms with Crippen LogP contribution in [-0.4, -0.2) is 45.2 Å². The lowest BCUT2D eigenvalue weighted by Crippen LogP contribution is -2.32. The molecule has 16 heavy (non-hydrogen) atoms. The van der Waals surface area contributed by atoms with Crippen LogP contribution in [0.25, 0.3) is 0 Å². The molecular formula is C10H12BrNO4. The predicted octanol–water partition coefficient (Wildman–Crippen LogP) is -0.00190. The summed E-state index contributed by atoms with van der Waals surface area (Å²) in [4.78, 5) is 4.15. The Hall–Kier alpha value is -0.530. The maximum atomic E-state index is 9.76. The lowest BCUT2D eigenvalue weighted by Gasteiger charge is -2.13. The number of aromatic nitrogens is 1. The Kier molecular flexibility index (Phi) is 3.56. The predicted molar refractivity (Wildman–Crippen MR) is 58.7 cm³/mol. The van der Waals surface area contributed by atoms with Crippen LogP contribution in [0.3, 0.4) is 0 Å². The summed E-state index contributed by atoms with van der Waals surface area (Å²) < 4.78 is 5.97. The molecule has 1 aliphatic heterocycles. The van der Waals surface area contributed by atoms with Crippen LogP contribution in [0.5, 0.6) is 0 Å². The van der Waals surface area contributed by atoms with E-state index in [0.717, 1.165) is 0 Å². The number of hydrogen-bond acceptors (Lipinski definition) is 5. The molecule has 2 heterocycles. The molecule has 1 saturated heterocycles. The lowest BCUT2D eigenvalue weighted by atomic mass is 10.1. The summed E-state index contributed by atoms with van der Waals surface area (Å²) in [7, 11) is 0. The molecule has 0 aliphatic carbocycles. The highest BCUT2D eigenvalue weighted by Crippen LogP contribution is 2.32. The first-order valence-corrected chi connectivity index (χ1v) is 5.67. The van der Waals surface area contributed by atoms with Gasteiger partial charge in [0.15, 0.2) is 0 Å². The number of aliphatic hydroxyl groups excluding tert-OH is 3. The van der Waals surface area contributed by atoms with Gasteiger partial charge in [-0.25, -0.2) is 4.98 Å². The van der Waals surface area contributed by atoms with Gasteiger partial charge < -0.3 is 20.1 Å². The second-order valence-corrected chi connectivity index (χ2v) is 4.46. The fraction of sp³-hybridized carbons (Fsp3) is 0.500. The standard InChI is InChI=1S/C10H12BrNO4/c11-7-3-1-2-5(12-7)10-9(15)8(14)6(4-13)16-10/h1-3,6,8-10,13-15H,4H2/t6-,8-,9-,10+/m1/s1. The largest absolute Gasteiger partial charge is 0.394 e. The summed E-state index contributed by atoms with van der Waals surface area (Å²) in [6.45, 7) is -0.331. The SMILES string of the molecule is OC[C@H]1O[C@@H](c2cccc(Br)n2)[C@H](O)[C@@H]1O. The zero-order valence-electron chi connectivity index (χ0n) is 8.32. The highest BCUT2D eigenvalue weighted by molar-refractivity contribution is 9.10. The molecule has 5 nitrogen and oxygen atoms in total. The summed E-state index contributed by atoms with van der Waals surface area (Å²) in [5, 5.41) is 28.3. The van der Waals surface area contributed by atoms with E-state index >= 15 is 0 Å². The van der Waals surface area contributed by atoms with Gasteiger partial charge in [-0.15, -0.1) is 0 Å². The van der Waals surface area contributed by atoms with Crippen molar-refractivity contribution in [3.8, 4) is 0 Å². The Balaban J connectivity index is 2.23. The van der Waals surface area contributed by atoms with Crippen molar-refractivity contribution in [3.05, 3.63) is 28.5 Å². The van der Waals surface area contributed by atoms with Gasteiger partial charge in [0.1, 0.15) is 29.0 Å². The van der Waals surface area contributed by atoms with Crippen molar-refractivity contribution < 1.29 is 20.1 Å². The molecular weight excluding hydrogens is 278 g/mol. The summed E-state index contributed by atoms with van der Waals surface area (Å²) in [6.07, 6.45) is -3.62. The average molecular weight is 290 g/mol. The smallest absolute Gasteiger partial charge is 0.128 e. The van der Waals surface area contributed by atoms with Gasteiger partial charge >= 0.3 is 0 Å². The van der Waals surface area contributed by atoms with Crippen molar-refractivity contribution in [2.75, 3.05) is 6.61 Å². The third-order valence-electron chi connectivity index (χ3n) is 2.57. The van der Waals surface area contributed by atoms with E-state index in [-0.39, 0.29) is 6.61 Å². The summed E-state index contributed by atoms with van der Waals surface area (Å²) >= 11 is 3.22.